The van der Waals surface area contributed by atoms with Gasteiger partial charge in [0.05, 0.1) is 0 Å². The molecule has 3 nitrogen and oxygen atoms in total. The number of nitrogen functional groups attached to an aromatic ring is 1. The molecule has 0 amide bonds. The van der Waals surface area contributed by atoms with Crippen LogP contribution in [0, 0.1) is 0 Å². The van der Waals surface area contributed by atoms with E-state index in [1.807, 2.05) is 12.1 Å². The van der Waals surface area contributed by atoms with Crippen molar-refractivity contribution in [1.82, 2.24) is 0 Å². The van der Waals surface area contributed by atoms with Crippen LogP contribution < -0.4 is 11.2 Å². The number of benzene rings is 2. The minimum atomic E-state index is -1.46. The third-order valence-electron chi connectivity index (χ3n) is 2.22. The summed E-state index contributed by atoms with van der Waals surface area (Å²) < 4.78 is 0. The molecule has 0 aromatic heterocycles. The Morgan fingerprint density at radius 2 is 1.86 bits per heavy atom. The van der Waals surface area contributed by atoms with Crippen LogP contribution >= 0.6 is 0 Å². The maximum Gasteiger partial charge on any atom is 0.489 e. The SMILES string of the molecule is Nc1ccc2cccc(B(O)O)c2c1. The largest absolute Gasteiger partial charge is 0.489 e. The number of hydrogen-bond acceptors (Lipinski definition) is 3. The molecule has 0 radical (unpaired) electrons. The quantitative estimate of drug-likeness (QED) is 0.438. The molecule has 0 atom stereocenters. The number of hydrogen-bond donors (Lipinski definition) is 3. The number of nitrogens with two attached hydrogens (primary N) is 1. The topological polar surface area (TPSA) is 66.5 Å². The van der Waals surface area contributed by atoms with Gasteiger partial charge in [-0.15, -0.1) is 0 Å². The zero-order valence-corrected chi connectivity index (χ0v) is 7.51. The molecule has 14 heavy (non-hydrogen) atoms. The van der Waals surface area contributed by atoms with Crippen LogP contribution in [0.4, 0.5) is 5.69 Å². The molecule has 0 fully saturated rings. The van der Waals surface area contributed by atoms with Crippen LogP contribution in [0.5, 0.6) is 0 Å². The molecule has 0 aliphatic carbocycles. The Morgan fingerprint density at radius 1 is 1.07 bits per heavy atom. The maximum atomic E-state index is 9.13. The van der Waals surface area contributed by atoms with Crippen LogP contribution in [0.25, 0.3) is 10.8 Å². The van der Waals surface area contributed by atoms with E-state index in [0.29, 0.717) is 11.2 Å². The molecule has 0 aliphatic heterocycles. The minimum Gasteiger partial charge on any atom is -0.423 e. The molecule has 0 bridgehead atoms. The zero-order valence-electron chi connectivity index (χ0n) is 7.51. The van der Waals surface area contributed by atoms with Crippen LogP contribution in [-0.4, -0.2) is 17.2 Å². The molecule has 70 valence electrons. The predicted octanol–water partition coefficient (Wildman–Crippen LogP) is 0.102. The third-order valence-corrected chi connectivity index (χ3v) is 2.22. The smallest absolute Gasteiger partial charge is 0.423 e. The molecule has 0 saturated heterocycles. The lowest BCUT2D eigenvalue weighted by atomic mass is 9.77. The molecular weight excluding hydrogens is 177 g/mol. The lowest BCUT2D eigenvalue weighted by Gasteiger charge is -2.05. The van der Waals surface area contributed by atoms with Crippen LogP contribution in [0.1, 0.15) is 0 Å². The summed E-state index contributed by atoms with van der Waals surface area (Å²) in [5.41, 5.74) is 6.73. The fraction of sp³-hybridized carbons (Fsp3) is 0. The first-order valence-corrected chi connectivity index (χ1v) is 4.33. The Hall–Kier alpha value is -1.52. The summed E-state index contributed by atoms with van der Waals surface area (Å²) in [6, 6.07) is 10.7. The van der Waals surface area contributed by atoms with E-state index in [1.54, 1.807) is 24.3 Å². The molecule has 0 spiro atoms. The molecule has 0 heterocycles. The lowest BCUT2D eigenvalue weighted by molar-refractivity contribution is 0.426. The van der Waals surface area contributed by atoms with Crippen LogP contribution in [0.3, 0.4) is 0 Å². The van der Waals surface area contributed by atoms with Crippen molar-refractivity contribution in [3.05, 3.63) is 36.4 Å². The van der Waals surface area contributed by atoms with Crippen molar-refractivity contribution in [1.29, 1.82) is 0 Å². The Labute approximate surface area is 81.9 Å². The second-order valence-corrected chi connectivity index (χ2v) is 3.20. The van der Waals surface area contributed by atoms with Crippen molar-refractivity contribution in [3.63, 3.8) is 0 Å². The Balaban J connectivity index is 2.77. The zero-order chi connectivity index (χ0) is 10.1. The van der Waals surface area contributed by atoms with Gasteiger partial charge >= 0.3 is 7.12 Å². The van der Waals surface area contributed by atoms with E-state index in [9.17, 15) is 0 Å². The van der Waals surface area contributed by atoms with Gasteiger partial charge in [-0.25, -0.2) is 0 Å². The fourth-order valence-electron chi connectivity index (χ4n) is 1.54. The van der Waals surface area contributed by atoms with E-state index in [4.69, 9.17) is 15.8 Å². The van der Waals surface area contributed by atoms with Gasteiger partial charge in [-0.05, 0) is 28.4 Å². The van der Waals surface area contributed by atoms with Crippen molar-refractivity contribution >= 4 is 29.0 Å². The molecule has 4 heteroatoms. The van der Waals surface area contributed by atoms with Gasteiger partial charge in [0.25, 0.3) is 0 Å². The van der Waals surface area contributed by atoms with Gasteiger partial charge in [0.1, 0.15) is 0 Å². The molecule has 0 aliphatic rings. The predicted molar refractivity (Wildman–Crippen MR) is 58.2 cm³/mol. The van der Waals surface area contributed by atoms with Gasteiger partial charge in [-0.3, -0.25) is 0 Å². The van der Waals surface area contributed by atoms with E-state index < -0.39 is 7.12 Å². The Morgan fingerprint density at radius 3 is 2.57 bits per heavy atom. The average Bonchev–Trinajstić information content (AvgIpc) is 2.16. The van der Waals surface area contributed by atoms with E-state index in [0.717, 1.165) is 10.8 Å². The highest BCUT2D eigenvalue weighted by Gasteiger charge is 2.13. The molecule has 2 aromatic rings. The third kappa shape index (κ3) is 1.45. The number of rotatable bonds is 1. The molecular formula is C10H10BNO2. The van der Waals surface area contributed by atoms with Gasteiger partial charge < -0.3 is 15.8 Å². The van der Waals surface area contributed by atoms with Crippen molar-refractivity contribution in [2.45, 2.75) is 0 Å². The minimum absolute atomic E-state index is 0.481. The maximum absolute atomic E-state index is 9.13. The first kappa shape index (κ1) is 9.06. The highest BCUT2D eigenvalue weighted by atomic mass is 16.4. The van der Waals surface area contributed by atoms with Crippen molar-refractivity contribution in [3.8, 4) is 0 Å². The molecule has 0 unspecified atom stereocenters. The Bertz CT molecular complexity index is 471. The van der Waals surface area contributed by atoms with Crippen molar-refractivity contribution < 1.29 is 10.0 Å². The highest BCUT2D eigenvalue weighted by molar-refractivity contribution is 6.62. The fourth-order valence-corrected chi connectivity index (χ4v) is 1.54. The van der Waals surface area contributed by atoms with Gasteiger partial charge in [0, 0.05) is 5.69 Å². The first-order valence-electron chi connectivity index (χ1n) is 4.33. The first-order chi connectivity index (χ1) is 6.68. The molecule has 0 saturated carbocycles. The van der Waals surface area contributed by atoms with Crippen molar-refractivity contribution in [2.24, 2.45) is 0 Å². The summed E-state index contributed by atoms with van der Waals surface area (Å²) >= 11 is 0. The van der Waals surface area contributed by atoms with E-state index in [2.05, 4.69) is 0 Å². The summed E-state index contributed by atoms with van der Waals surface area (Å²) in [5, 5.41) is 20.0. The molecule has 2 rings (SSSR count). The standard InChI is InChI=1S/C10H10BNO2/c12-8-5-4-7-2-1-3-10(11(13)14)9(7)6-8/h1-6,13-14H,12H2. The van der Waals surface area contributed by atoms with Gasteiger partial charge in [0.2, 0.25) is 0 Å². The lowest BCUT2D eigenvalue weighted by Crippen LogP contribution is -2.30. The normalized spacial score (nSPS) is 10.4. The van der Waals surface area contributed by atoms with Crippen molar-refractivity contribution in [2.75, 3.05) is 5.73 Å². The summed E-state index contributed by atoms with van der Waals surface area (Å²) in [6.07, 6.45) is 0. The summed E-state index contributed by atoms with van der Waals surface area (Å²) in [5.74, 6) is 0. The second kappa shape index (κ2) is 3.33. The molecule has 4 N–H and O–H groups in total. The Kier molecular flexibility index (Phi) is 2.15. The van der Waals surface area contributed by atoms with Crippen LogP contribution in [0.2, 0.25) is 0 Å². The highest BCUT2D eigenvalue weighted by Crippen LogP contribution is 2.15. The summed E-state index contributed by atoms with van der Waals surface area (Å²) in [6.45, 7) is 0. The molecule has 2 aromatic carbocycles. The van der Waals surface area contributed by atoms with Crippen LogP contribution in [-0.2, 0) is 0 Å². The second-order valence-electron chi connectivity index (χ2n) is 3.20. The van der Waals surface area contributed by atoms with E-state index in [-0.39, 0.29) is 0 Å². The van der Waals surface area contributed by atoms with E-state index in [1.165, 1.54) is 0 Å². The average molecular weight is 187 g/mol. The van der Waals surface area contributed by atoms with Gasteiger partial charge in [0.15, 0.2) is 0 Å². The van der Waals surface area contributed by atoms with Gasteiger partial charge in [-0.2, -0.15) is 0 Å². The van der Waals surface area contributed by atoms with Crippen LogP contribution in [0.15, 0.2) is 36.4 Å². The number of fused-ring (bicyclic) bond motifs is 1. The summed E-state index contributed by atoms with van der Waals surface area (Å²) in [4.78, 5) is 0. The van der Waals surface area contributed by atoms with Gasteiger partial charge in [-0.1, -0.05) is 24.3 Å². The number of anilines is 1. The summed E-state index contributed by atoms with van der Waals surface area (Å²) in [7, 11) is -1.46. The van der Waals surface area contributed by atoms with E-state index >= 15 is 0 Å². The monoisotopic (exact) mass is 187 g/mol.